The van der Waals surface area contributed by atoms with Crippen molar-refractivity contribution in [2.45, 2.75) is 20.2 Å². The minimum atomic E-state index is -4.69. The van der Waals surface area contributed by atoms with Gasteiger partial charge in [-0.2, -0.15) is 0 Å². The number of hydrogen-bond acceptors (Lipinski definition) is 2. The molecule has 0 unspecified atom stereocenters. The molecule has 0 saturated carbocycles. The van der Waals surface area contributed by atoms with Crippen LogP contribution >= 0.6 is 0 Å². The molecule has 0 atom stereocenters. The summed E-state index contributed by atoms with van der Waals surface area (Å²) in [6.07, 6.45) is -4.69. The van der Waals surface area contributed by atoms with E-state index in [-0.39, 0.29) is 18.1 Å². The van der Waals surface area contributed by atoms with Gasteiger partial charge in [0.15, 0.2) is 11.5 Å². The van der Waals surface area contributed by atoms with Crippen LogP contribution in [0.3, 0.4) is 0 Å². The van der Waals surface area contributed by atoms with Crippen LogP contribution in [-0.2, 0) is 0 Å². The lowest BCUT2D eigenvalue weighted by molar-refractivity contribution is -0.275. The third-order valence-corrected chi connectivity index (χ3v) is 1.62. The van der Waals surface area contributed by atoms with Crippen molar-refractivity contribution in [2.24, 2.45) is 0 Å². The van der Waals surface area contributed by atoms with Gasteiger partial charge in [-0.05, 0) is 31.5 Å². The molecule has 84 valence electrons. The Morgan fingerprint density at radius 1 is 1.20 bits per heavy atom. The van der Waals surface area contributed by atoms with Crippen molar-refractivity contribution in [3.63, 3.8) is 0 Å². The number of benzene rings is 1. The fourth-order valence-electron chi connectivity index (χ4n) is 1.09. The molecule has 0 aromatic heterocycles. The first-order valence-electron chi connectivity index (χ1n) is 4.41. The molecule has 0 aliphatic heterocycles. The van der Waals surface area contributed by atoms with Gasteiger partial charge in [-0.3, -0.25) is 0 Å². The highest BCUT2D eigenvalue weighted by Crippen LogP contribution is 2.32. The molecule has 1 rings (SSSR count). The molecule has 1 aromatic carbocycles. The van der Waals surface area contributed by atoms with Gasteiger partial charge in [0.05, 0.1) is 6.61 Å². The van der Waals surface area contributed by atoms with Crippen LogP contribution in [0.25, 0.3) is 0 Å². The normalized spacial score (nSPS) is 11.3. The number of ether oxygens (including phenoxy) is 2. The summed E-state index contributed by atoms with van der Waals surface area (Å²) in [6.45, 7) is 3.75. The zero-order valence-electron chi connectivity index (χ0n) is 8.39. The Bertz CT molecular complexity index is 334. The fourth-order valence-corrected chi connectivity index (χ4v) is 1.09. The van der Waals surface area contributed by atoms with Gasteiger partial charge in [0, 0.05) is 0 Å². The van der Waals surface area contributed by atoms with Crippen LogP contribution in [0, 0.1) is 6.92 Å². The van der Waals surface area contributed by atoms with Gasteiger partial charge in [-0.25, -0.2) is 0 Å². The van der Waals surface area contributed by atoms with Crippen LogP contribution in [-0.4, -0.2) is 13.0 Å². The van der Waals surface area contributed by atoms with Crippen LogP contribution in [0.2, 0.25) is 0 Å². The predicted octanol–water partition coefficient (Wildman–Crippen LogP) is 3.29. The molecule has 2 nitrogen and oxygen atoms in total. The van der Waals surface area contributed by atoms with E-state index in [0.717, 1.165) is 5.56 Å². The zero-order valence-corrected chi connectivity index (χ0v) is 8.39. The van der Waals surface area contributed by atoms with Gasteiger partial charge in [-0.1, -0.05) is 6.07 Å². The summed E-state index contributed by atoms with van der Waals surface area (Å²) in [6, 6.07) is 4.28. The number of halogens is 3. The van der Waals surface area contributed by atoms with E-state index in [1.54, 1.807) is 13.8 Å². The van der Waals surface area contributed by atoms with Crippen LogP contribution < -0.4 is 9.47 Å². The molecule has 1 aromatic rings. The lowest BCUT2D eigenvalue weighted by Crippen LogP contribution is -2.17. The number of rotatable bonds is 3. The second-order valence-electron chi connectivity index (χ2n) is 2.93. The highest BCUT2D eigenvalue weighted by atomic mass is 19.4. The molecule has 0 bridgehead atoms. The second kappa shape index (κ2) is 4.42. The van der Waals surface area contributed by atoms with Gasteiger partial charge in [0.1, 0.15) is 0 Å². The lowest BCUT2D eigenvalue weighted by Gasteiger charge is -2.13. The predicted molar refractivity (Wildman–Crippen MR) is 49.0 cm³/mol. The second-order valence-corrected chi connectivity index (χ2v) is 2.93. The largest absolute Gasteiger partial charge is 0.573 e. The monoisotopic (exact) mass is 220 g/mol. The number of hydrogen-bond donors (Lipinski definition) is 0. The van der Waals surface area contributed by atoms with Crippen molar-refractivity contribution in [1.82, 2.24) is 0 Å². The van der Waals surface area contributed by atoms with Crippen molar-refractivity contribution < 1.29 is 22.6 Å². The van der Waals surface area contributed by atoms with Gasteiger partial charge >= 0.3 is 6.36 Å². The van der Waals surface area contributed by atoms with Crippen LogP contribution in [0.1, 0.15) is 12.5 Å². The van der Waals surface area contributed by atoms with E-state index >= 15 is 0 Å². The molecule has 0 aliphatic rings. The first-order chi connectivity index (χ1) is 6.92. The summed E-state index contributed by atoms with van der Waals surface area (Å²) in [5.74, 6) is -0.204. The van der Waals surface area contributed by atoms with Crippen LogP contribution in [0.4, 0.5) is 13.2 Å². The van der Waals surface area contributed by atoms with E-state index in [1.807, 2.05) is 0 Å². The quantitative estimate of drug-likeness (QED) is 0.778. The highest BCUT2D eigenvalue weighted by molar-refractivity contribution is 5.42. The van der Waals surface area contributed by atoms with E-state index in [2.05, 4.69) is 4.74 Å². The molecule has 0 radical (unpaired) electrons. The first-order valence-corrected chi connectivity index (χ1v) is 4.41. The molecule has 0 aliphatic carbocycles. The van der Waals surface area contributed by atoms with Gasteiger partial charge in [-0.15, -0.1) is 13.2 Å². The fraction of sp³-hybridized carbons (Fsp3) is 0.400. The average Bonchev–Trinajstić information content (AvgIpc) is 2.08. The van der Waals surface area contributed by atoms with Crippen molar-refractivity contribution in [2.75, 3.05) is 6.61 Å². The molecular formula is C10H11F3O2. The van der Waals surface area contributed by atoms with E-state index < -0.39 is 6.36 Å². The minimum absolute atomic E-state index is 0.106. The van der Waals surface area contributed by atoms with E-state index in [9.17, 15) is 13.2 Å². The molecule has 0 amide bonds. The zero-order chi connectivity index (χ0) is 11.5. The van der Waals surface area contributed by atoms with Crippen LogP contribution in [0.15, 0.2) is 18.2 Å². The molecular weight excluding hydrogens is 209 g/mol. The SMILES string of the molecule is CCOc1cc(C)ccc1OC(F)(F)F. The third kappa shape index (κ3) is 3.69. The minimum Gasteiger partial charge on any atom is -0.490 e. The lowest BCUT2D eigenvalue weighted by atomic mass is 10.2. The van der Waals surface area contributed by atoms with Crippen molar-refractivity contribution >= 4 is 0 Å². The Hall–Kier alpha value is -1.39. The molecule has 0 heterocycles. The van der Waals surface area contributed by atoms with Crippen LogP contribution in [0.5, 0.6) is 11.5 Å². The standard InChI is InChI=1S/C10H11F3O2/c1-3-14-9-6-7(2)4-5-8(9)15-10(11,12)13/h4-6H,3H2,1-2H3. The summed E-state index contributed by atoms with van der Waals surface area (Å²) < 4.78 is 44.8. The smallest absolute Gasteiger partial charge is 0.490 e. The third-order valence-electron chi connectivity index (χ3n) is 1.62. The number of aryl methyl sites for hydroxylation is 1. The van der Waals surface area contributed by atoms with E-state index in [4.69, 9.17) is 4.74 Å². The summed E-state index contributed by atoms with van der Waals surface area (Å²) >= 11 is 0. The van der Waals surface area contributed by atoms with Gasteiger partial charge in [0.25, 0.3) is 0 Å². The topological polar surface area (TPSA) is 18.5 Å². The van der Waals surface area contributed by atoms with Crippen molar-refractivity contribution in [3.05, 3.63) is 23.8 Å². The molecule has 15 heavy (non-hydrogen) atoms. The first kappa shape index (κ1) is 11.7. The number of alkyl halides is 3. The summed E-state index contributed by atoms with van der Waals surface area (Å²) in [4.78, 5) is 0. The Morgan fingerprint density at radius 3 is 2.40 bits per heavy atom. The molecule has 0 saturated heterocycles. The van der Waals surface area contributed by atoms with E-state index in [0.29, 0.717) is 0 Å². The van der Waals surface area contributed by atoms with Crippen molar-refractivity contribution in [3.8, 4) is 11.5 Å². The average molecular weight is 220 g/mol. The molecule has 0 N–H and O–H groups in total. The molecule has 0 fully saturated rings. The summed E-state index contributed by atoms with van der Waals surface area (Å²) in [7, 11) is 0. The van der Waals surface area contributed by atoms with Gasteiger partial charge in [0.2, 0.25) is 0 Å². The highest BCUT2D eigenvalue weighted by Gasteiger charge is 2.32. The summed E-state index contributed by atoms with van der Waals surface area (Å²) in [5.41, 5.74) is 0.813. The van der Waals surface area contributed by atoms with Gasteiger partial charge < -0.3 is 9.47 Å². The molecule has 5 heteroatoms. The Balaban J connectivity index is 2.95. The maximum absolute atomic E-state index is 12.0. The Kier molecular flexibility index (Phi) is 3.44. The Labute approximate surface area is 85.6 Å². The van der Waals surface area contributed by atoms with E-state index in [1.165, 1.54) is 18.2 Å². The summed E-state index contributed by atoms with van der Waals surface area (Å²) in [5, 5.41) is 0. The maximum Gasteiger partial charge on any atom is 0.573 e. The molecule has 0 spiro atoms. The Morgan fingerprint density at radius 2 is 1.87 bits per heavy atom. The van der Waals surface area contributed by atoms with Crippen molar-refractivity contribution in [1.29, 1.82) is 0 Å². The maximum atomic E-state index is 12.0.